The number of carbonyl (C=O) groups excluding carboxylic acids is 1. The SMILES string of the molecule is O=C(Cc1cccc(F)c1)N1CCO[C@@](CO)(Cc2ccccc2)C1. The summed E-state index contributed by atoms with van der Waals surface area (Å²) < 4.78 is 19.2. The molecule has 1 atom stereocenters. The summed E-state index contributed by atoms with van der Waals surface area (Å²) in [5.74, 6) is -0.430. The number of benzene rings is 2. The van der Waals surface area contributed by atoms with E-state index in [1.807, 2.05) is 30.3 Å². The average Bonchev–Trinajstić information content (AvgIpc) is 2.63. The number of aliphatic hydroxyl groups excluding tert-OH is 1. The highest BCUT2D eigenvalue weighted by molar-refractivity contribution is 5.79. The lowest BCUT2D eigenvalue weighted by Gasteiger charge is -2.42. The molecular formula is C20H22FNO3. The number of amides is 1. The summed E-state index contributed by atoms with van der Waals surface area (Å²) in [5, 5.41) is 9.92. The molecule has 1 N–H and O–H groups in total. The molecule has 5 heteroatoms. The van der Waals surface area contributed by atoms with Crippen molar-refractivity contribution < 1.29 is 19.0 Å². The molecule has 1 fully saturated rings. The van der Waals surface area contributed by atoms with Gasteiger partial charge in [-0.05, 0) is 23.3 Å². The van der Waals surface area contributed by atoms with E-state index in [1.54, 1.807) is 17.0 Å². The summed E-state index contributed by atoms with van der Waals surface area (Å²) in [7, 11) is 0. The Morgan fingerprint density at radius 2 is 1.92 bits per heavy atom. The topological polar surface area (TPSA) is 49.8 Å². The first-order valence-electron chi connectivity index (χ1n) is 8.41. The third-order valence-electron chi connectivity index (χ3n) is 4.50. The van der Waals surface area contributed by atoms with Gasteiger partial charge in [0.05, 0.1) is 26.2 Å². The highest BCUT2D eigenvalue weighted by Gasteiger charge is 2.38. The van der Waals surface area contributed by atoms with E-state index in [2.05, 4.69) is 0 Å². The zero-order valence-electron chi connectivity index (χ0n) is 14.0. The highest BCUT2D eigenvalue weighted by atomic mass is 19.1. The first-order valence-corrected chi connectivity index (χ1v) is 8.41. The molecule has 0 bridgehead atoms. The van der Waals surface area contributed by atoms with Crippen LogP contribution >= 0.6 is 0 Å². The molecule has 1 aliphatic heterocycles. The second kappa shape index (κ2) is 7.76. The zero-order valence-corrected chi connectivity index (χ0v) is 14.0. The Kier molecular flexibility index (Phi) is 5.46. The predicted molar refractivity (Wildman–Crippen MR) is 92.6 cm³/mol. The number of rotatable bonds is 5. The standard InChI is InChI=1S/C20H22FNO3/c21-18-8-4-7-17(11-18)12-19(24)22-9-10-25-20(14-22,15-23)13-16-5-2-1-3-6-16/h1-8,11,23H,9-10,12-15H2/t20-/m0/s1. The van der Waals surface area contributed by atoms with Crippen LogP contribution in [0, 0.1) is 5.82 Å². The van der Waals surface area contributed by atoms with Gasteiger partial charge in [0.15, 0.2) is 0 Å². The van der Waals surface area contributed by atoms with Gasteiger partial charge < -0.3 is 14.7 Å². The molecule has 0 unspecified atom stereocenters. The quantitative estimate of drug-likeness (QED) is 0.905. The van der Waals surface area contributed by atoms with Gasteiger partial charge in [-0.15, -0.1) is 0 Å². The largest absolute Gasteiger partial charge is 0.393 e. The molecule has 0 spiro atoms. The maximum atomic E-state index is 13.3. The van der Waals surface area contributed by atoms with Gasteiger partial charge in [-0.2, -0.15) is 0 Å². The first kappa shape index (κ1) is 17.6. The Morgan fingerprint density at radius 1 is 1.16 bits per heavy atom. The molecule has 2 aromatic carbocycles. The average molecular weight is 343 g/mol. The molecule has 25 heavy (non-hydrogen) atoms. The monoisotopic (exact) mass is 343 g/mol. The molecule has 0 saturated carbocycles. The van der Waals surface area contributed by atoms with Crippen molar-refractivity contribution in [3.63, 3.8) is 0 Å². The minimum Gasteiger partial charge on any atom is -0.393 e. The fourth-order valence-corrected chi connectivity index (χ4v) is 3.22. The molecule has 132 valence electrons. The Bertz CT molecular complexity index is 722. The molecule has 1 saturated heterocycles. The van der Waals surface area contributed by atoms with Crippen LogP contribution < -0.4 is 0 Å². The number of ether oxygens (including phenoxy) is 1. The minimum atomic E-state index is -0.794. The van der Waals surface area contributed by atoms with E-state index in [1.165, 1.54) is 12.1 Å². The number of nitrogens with zero attached hydrogens (tertiary/aromatic N) is 1. The number of aliphatic hydroxyl groups is 1. The Balaban J connectivity index is 1.69. The predicted octanol–water partition coefficient (Wildman–Crippen LogP) is 2.20. The molecule has 3 rings (SSSR count). The van der Waals surface area contributed by atoms with Gasteiger partial charge in [0.1, 0.15) is 11.4 Å². The molecule has 1 aliphatic rings. The number of halogens is 1. The van der Waals surface area contributed by atoms with Gasteiger partial charge >= 0.3 is 0 Å². The van der Waals surface area contributed by atoms with Crippen LogP contribution in [-0.4, -0.2) is 47.8 Å². The third kappa shape index (κ3) is 4.44. The fourth-order valence-electron chi connectivity index (χ4n) is 3.22. The summed E-state index contributed by atoms with van der Waals surface area (Å²) in [6.07, 6.45) is 0.679. The lowest BCUT2D eigenvalue weighted by molar-refractivity contribution is -0.157. The van der Waals surface area contributed by atoms with Crippen molar-refractivity contribution in [2.75, 3.05) is 26.3 Å². The van der Waals surface area contributed by atoms with Gasteiger partial charge in [0.2, 0.25) is 5.91 Å². The lowest BCUT2D eigenvalue weighted by Crippen LogP contribution is -2.57. The Labute approximate surface area is 146 Å². The second-order valence-electron chi connectivity index (χ2n) is 6.47. The molecule has 1 amide bonds. The van der Waals surface area contributed by atoms with Gasteiger partial charge in [-0.1, -0.05) is 42.5 Å². The van der Waals surface area contributed by atoms with Gasteiger partial charge in [0, 0.05) is 13.0 Å². The van der Waals surface area contributed by atoms with Gasteiger partial charge in [-0.3, -0.25) is 4.79 Å². The Morgan fingerprint density at radius 3 is 2.64 bits per heavy atom. The van der Waals surface area contributed by atoms with Crippen LogP contribution in [-0.2, 0) is 22.4 Å². The van der Waals surface area contributed by atoms with Crippen LogP contribution in [0.4, 0.5) is 4.39 Å². The van der Waals surface area contributed by atoms with Crippen molar-refractivity contribution in [3.05, 3.63) is 71.5 Å². The van der Waals surface area contributed by atoms with Crippen molar-refractivity contribution >= 4 is 5.91 Å². The van der Waals surface area contributed by atoms with E-state index in [9.17, 15) is 14.3 Å². The number of hydrogen-bond acceptors (Lipinski definition) is 3. The van der Waals surface area contributed by atoms with E-state index in [4.69, 9.17) is 4.74 Å². The van der Waals surface area contributed by atoms with Crippen LogP contribution in [0.3, 0.4) is 0 Å². The number of hydrogen-bond donors (Lipinski definition) is 1. The van der Waals surface area contributed by atoms with E-state index >= 15 is 0 Å². The molecule has 2 aromatic rings. The maximum Gasteiger partial charge on any atom is 0.227 e. The van der Waals surface area contributed by atoms with Gasteiger partial charge in [-0.25, -0.2) is 4.39 Å². The normalized spacial score (nSPS) is 20.5. The van der Waals surface area contributed by atoms with Crippen LogP contribution in [0.2, 0.25) is 0 Å². The molecule has 0 radical (unpaired) electrons. The first-order chi connectivity index (χ1) is 12.1. The Hall–Kier alpha value is -2.24. The molecule has 4 nitrogen and oxygen atoms in total. The molecule has 0 aliphatic carbocycles. The number of carbonyl (C=O) groups is 1. The van der Waals surface area contributed by atoms with E-state index in [-0.39, 0.29) is 24.8 Å². The molecule has 1 heterocycles. The molecule has 0 aromatic heterocycles. The van der Waals surface area contributed by atoms with E-state index in [0.717, 1.165) is 5.56 Å². The van der Waals surface area contributed by atoms with Crippen molar-refractivity contribution in [3.8, 4) is 0 Å². The number of morpholine rings is 1. The van der Waals surface area contributed by atoms with Gasteiger partial charge in [0.25, 0.3) is 0 Å². The summed E-state index contributed by atoms with van der Waals surface area (Å²) in [6, 6.07) is 15.9. The van der Waals surface area contributed by atoms with Crippen LogP contribution in [0.25, 0.3) is 0 Å². The summed E-state index contributed by atoms with van der Waals surface area (Å²) >= 11 is 0. The van der Waals surface area contributed by atoms with Crippen molar-refractivity contribution in [1.82, 2.24) is 4.90 Å². The summed E-state index contributed by atoms with van der Waals surface area (Å²) in [4.78, 5) is 14.3. The van der Waals surface area contributed by atoms with E-state index < -0.39 is 5.60 Å². The van der Waals surface area contributed by atoms with Crippen LogP contribution in [0.5, 0.6) is 0 Å². The van der Waals surface area contributed by atoms with Crippen molar-refractivity contribution in [2.45, 2.75) is 18.4 Å². The highest BCUT2D eigenvalue weighted by Crippen LogP contribution is 2.23. The summed E-state index contributed by atoms with van der Waals surface area (Å²) in [6.45, 7) is 1.02. The summed E-state index contributed by atoms with van der Waals surface area (Å²) in [5.41, 5.74) is 0.905. The maximum absolute atomic E-state index is 13.3. The smallest absolute Gasteiger partial charge is 0.227 e. The third-order valence-corrected chi connectivity index (χ3v) is 4.50. The van der Waals surface area contributed by atoms with E-state index in [0.29, 0.717) is 31.7 Å². The van der Waals surface area contributed by atoms with Crippen molar-refractivity contribution in [1.29, 1.82) is 0 Å². The van der Waals surface area contributed by atoms with Crippen LogP contribution in [0.15, 0.2) is 54.6 Å². The fraction of sp³-hybridized carbons (Fsp3) is 0.350. The minimum absolute atomic E-state index is 0.0835. The molecular weight excluding hydrogens is 321 g/mol. The van der Waals surface area contributed by atoms with Crippen molar-refractivity contribution in [2.24, 2.45) is 0 Å². The zero-order chi connectivity index (χ0) is 17.7. The van der Waals surface area contributed by atoms with Crippen LogP contribution in [0.1, 0.15) is 11.1 Å². The lowest BCUT2D eigenvalue weighted by atomic mass is 9.93. The second-order valence-corrected chi connectivity index (χ2v) is 6.47.